The molecule has 96 valence electrons. The zero-order chi connectivity index (χ0) is 13.2. The van der Waals surface area contributed by atoms with E-state index in [0.717, 1.165) is 24.7 Å². The first kappa shape index (κ1) is 12.7. The Labute approximate surface area is 102 Å². The fourth-order valence-electron chi connectivity index (χ4n) is 1.67. The fourth-order valence-corrected chi connectivity index (χ4v) is 1.67. The lowest BCUT2D eigenvalue weighted by atomic mass is 10.1. The Balaban J connectivity index is 2.23. The molecule has 0 bridgehead atoms. The van der Waals surface area contributed by atoms with Gasteiger partial charge in [-0.2, -0.15) is 13.2 Å². The van der Waals surface area contributed by atoms with Crippen molar-refractivity contribution in [3.8, 4) is 11.3 Å². The van der Waals surface area contributed by atoms with Gasteiger partial charge in [0, 0.05) is 5.56 Å². The van der Waals surface area contributed by atoms with Crippen molar-refractivity contribution in [3.63, 3.8) is 0 Å². The summed E-state index contributed by atoms with van der Waals surface area (Å²) in [4.78, 5) is 3.44. The van der Waals surface area contributed by atoms with E-state index in [9.17, 15) is 13.2 Å². The van der Waals surface area contributed by atoms with E-state index in [4.69, 9.17) is 0 Å². The Hall–Kier alpha value is -1.78. The minimum absolute atomic E-state index is 0.199. The molecule has 5 heteroatoms. The van der Waals surface area contributed by atoms with Crippen LogP contribution in [0.1, 0.15) is 24.8 Å². The molecule has 2 aromatic rings. The minimum atomic E-state index is -4.54. The molecule has 0 unspecified atom stereocenters. The van der Waals surface area contributed by atoms with Gasteiger partial charge in [-0.1, -0.05) is 37.6 Å². The van der Waals surface area contributed by atoms with Crippen molar-refractivity contribution in [3.05, 3.63) is 42.0 Å². The molecule has 0 saturated carbocycles. The predicted octanol–water partition coefficient (Wildman–Crippen LogP) is 4.31. The van der Waals surface area contributed by atoms with Gasteiger partial charge in [0.15, 0.2) is 0 Å². The average molecular weight is 255 g/mol. The van der Waals surface area contributed by atoms with Gasteiger partial charge in [0.25, 0.3) is 0 Å². The normalized spacial score (nSPS) is 11.8. The summed E-state index contributed by atoms with van der Waals surface area (Å²) in [5, 5.41) is 0. The highest BCUT2D eigenvalue weighted by Crippen LogP contribution is 2.30. The molecule has 1 aromatic carbocycles. The van der Waals surface area contributed by atoms with Gasteiger partial charge in [0.1, 0.15) is 12.0 Å². The van der Waals surface area contributed by atoms with Gasteiger partial charge in [-0.05, 0) is 12.0 Å². The average Bonchev–Trinajstić information content (AvgIpc) is 2.79. The number of hydrogen-bond acceptors (Lipinski definition) is 2. The first-order valence-corrected chi connectivity index (χ1v) is 5.62. The van der Waals surface area contributed by atoms with E-state index in [2.05, 4.69) is 16.3 Å². The Morgan fingerprint density at radius 1 is 1.17 bits per heavy atom. The maximum Gasteiger partial charge on any atom is 0.468 e. The SMILES string of the molecule is CCCc1ccc(-c2coc(C(F)(F)F)n2)cc1. The zero-order valence-electron chi connectivity index (χ0n) is 9.79. The number of alkyl halides is 3. The Morgan fingerprint density at radius 3 is 2.33 bits per heavy atom. The number of aromatic nitrogens is 1. The van der Waals surface area contributed by atoms with Crippen LogP contribution in [-0.2, 0) is 12.6 Å². The molecule has 18 heavy (non-hydrogen) atoms. The summed E-state index contributed by atoms with van der Waals surface area (Å²) in [6, 6.07) is 7.29. The van der Waals surface area contributed by atoms with Crippen molar-refractivity contribution in [1.29, 1.82) is 0 Å². The summed E-state index contributed by atoms with van der Waals surface area (Å²) >= 11 is 0. The Bertz CT molecular complexity index is 514. The topological polar surface area (TPSA) is 26.0 Å². The quantitative estimate of drug-likeness (QED) is 0.816. The van der Waals surface area contributed by atoms with Crippen molar-refractivity contribution in [1.82, 2.24) is 4.98 Å². The van der Waals surface area contributed by atoms with Gasteiger partial charge in [0.2, 0.25) is 0 Å². The van der Waals surface area contributed by atoms with Crippen LogP contribution in [0.5, 0.6) is 0 Å². The molecule has 0 radical (unpaired) electrons. The highest BCUT2D eigenvalue weighted by atomic mass is 19.4. The molecule has 2 rings (SSSR count). The molecule has 0 aliphatic heterocycles. The number of aryl methyl sites for hydroxylation is 1. The number of hydrogen-bond donors (Lipinski definition) is 0. The Morgan fingerprint density at radius 2 is 1.83 bits per heavy atom. The van der Waals surface area contributed by atoms with E-state index in [0.29, 0.717) is 5.56 Å². The molecule has 0 amide bonds. The second-order valence-electron chi connectivity index (χ2n) is 3.98. The van der Waals surface area contributed by atoms with Gasteiger partial charge < -0.3 is 4.42 Å². The predicted molar refractivity (Wildman–Crippen MR) is 60.9 cm³/mol. The molecule has 0 spiro atoms. The molecule has 0 fully saturated rings. The largest absolute Gasteiger partial charge is 0.468 e. The summed E-state index contributed by atoms with van der Waals surface area (Å²) < 4.78 is 41.4. The molecular formula is C13H12F3NO. The summed E-state index contributed by atoms with van der Waals surface area (Å²) in [5.41, 5.74) is 1.97. The molecular weight excluding hydrogens is 243 g/mol. The van der Waals surface area contributed by atoms with E-state index in [1.807, 2.05) is 12.1 Å². The highest BCUT2D eigenvalue weighted by molar-refractivity contribution is 5.58. The van der Waals surface area contributed by atoms with E-state index >= 15 is 0 Å². The number of nitrogens with zero attached hydrogens (tertiary/aromatic N) is 1. The molecule has 0 aliphatic carbocycles. The third kappa shape index (κ3) is 2.72. The zero-order valence-corrected chi connectivity index (χ0v) is 9.79. The van der Waals surface area contributed by atoms with Crippen LogP contribution in [0.15, 0.2) is 34.9 Å². The van der Waals surface area contributed by atoms with Crippen LogP contribution < -0.4 is 0 Å². The lowest BCUT2D eigenvalue weighted by Gasteiger charge is -2.00. The van der Waals surface area contributed by atoms with Gasteiger partial charge >= 0.3 is 12.1 Å². The molecule has 0 aliphatic rings. The second kappa shape index (κ2) is 4.84. The summed E-state index contributed by atoms with van der Waals surface area (Å²) in [6.07, 6.45) is -1.54. The van der Waals surface area contributed by atoms with Crippen molar-refractivity contribution in [2.24, 2.45) is 0 Å². The number of benzene rings is 1. The van der Waals surface area contributed by atoms with Crippen LogP contribution in [0.25, 0.3) is 11.3 Å². The van der Waals surface area contributed by atoms with Crippen molar-refractivity contribution >= 4 is 0 Å². The number of rotatable bonds is 3. The molecule has 0 saturated heterocycles. The minimum Gasteiger partial charge on any atom is -0.441 e. The second-order valence-corrected chi connectivity index (χ2v) is 3.98. The maximum atomic E-state index is 12.3. The van der Waals surface area contributed by atoms with Crippen LogP contribution in [0.3, 0.4) is 0 Å². The van der Waals surface area contributed by atoms with Gasteiger partial charge in [-0.25, -0.2) is 4.98 Å². The van der Waals surface area contributed by atoms with Crippen molar-refractivity contribution < 1.29 is 17.6 Å². The van der Waals surface area contributed by atoms with Gasteiger partial charge in [-0.3, -0.25) is 0 Å². The van der Waals surface area contributed by atoms with E-state index in [1.165, 1.54) is 0 Å². The van der Waals surface area contributed by atoms with Crippen molar-refractivity contribution in [2.45, 2.75) is 25.9 Å². The number of oxazole rings is 1. The van der Waals surface area contributed by atoms with Gasteiger partial charge in [0.05, 0.1) is 0 Å². The summed E-state index contributed by atoms with van der Waals surface area (Å²) in [7, 11) is 0. The maximum absolute atomic E-state index is 12.3. The van der Waals surface area contributed by atoms with E-state index < -0.39 is 12.1 Å². The molecule has 1 heterocycles. The van der Waals surface area contributed by atoms with Crippen molar-refractivity contribution in [2.75, 3.05) is 0 Å². The van der Waals surface area contributed by atoms with E-state index in [1.54, 1.807) is 12.1 Å². The van der Waals surface area contributed by atoms with Crippen LogP contribution in [0.4, 0.5) is 13.2 Å². The number of halogens is 3. The first-order valence-electron chi connectivity index (χ1n) is 5.62. The third-order valence-corrected chi connectivity index (χ3v) is 2.54. The van der Waals surface area contributed by atoms with Crippen LogP contribution >= 0.6 is 0 Å². The van der Waals surface area contributed by atoms with Gasteiger partial charge in [-0.15, -0.1) is 0 Å². The summed E-state index contributed by atoms with van der Waals surface area (Å²) in [5.74, 6) is -1.21. The monoisotopic (exact) mass is 255 g/mol. The fraction of sp³-hybridized carbons (Fsp3) is 0.308. The third-order valence-electron chi connectivity index (χ3n) is 2.54. The van der Waals surface area contributed by atoms with Crippen LogP contribution in [0, 0.1) is 0 Å². The smallest absolute Gasteiger partial charge is 0.441 e. The van der Waals surface area contributed by atoms with E-state index in [-0.39, 0.29) is 5.69 Å². The van der Waals surface area contributed by atoms with Crippen LogP contribution in [0.2, 0.25) is 0 Å². The first-order chi connectivity index (χ1) is 8.50. The lowest BCUT2D eigenvalue weighted by Crippen LogP contribution is -2.04. The summed E-state index contributed by atoms with van der Waals surface area (Å²) in [6.45, 7) is 2.07. The molecule has 1 aromatic heterocycles. The van der Waals surface area contributed by atoms with Crippen LogP contribution in [-0.4, -0.2) is 4.98 Å². The standard InChI is InChI=1S/C13H12F3NO/c1-2-3-9-4-6-10(7-5-9)11-8-18-12(17-11)13(14,15)16/h4-8H,2-3H2,1H3. The lowest BCUT2D eigenvalue weighted by molar-refractivity contribution is -0.157. The molecule has 0 N–H and O–H groups in total. The Kier molecular flexibility index (Phi) is 3.41. The highest BCUT2D eigenvalue weighted by Gasteiger charge is 2.37. The molecule has 0 atom stereocenters. The molecule has 2 nitrogen and oxygen atoms in total.